The van der Waals surface area contributed by atoms with E-state index in [1.54, 1.807) is 12.7 Å². The predicted molar refractivity (Wildman–Crippen MR) is 72.9 cm³/mol. The summed E-state index contributed by atoms with van der Waals surface area (Å²) in [6.07, 6.45) is 5.27. The molecule has 2 N–H and O–H groups in total. The van der Waals surface area contributed by atoms with E-state index >= 15 is 0 Å². The van der Waals surface area contributed by atoms with Crippen molar-refractivity contribution in [1.29, 1.82) is 0 Å². The normalized spacial score (nSPS) is 14.7. The Kier molecular flexibility index (Phi) is 2.24. The maximum absolute atomic E-state index is 4.31. The lowest BCUT2D eigenvalue weighted by Crippen LogP contribution is -2.20. The molecule has 19 heavy (non-hydrogen) atoms. The van der Waals surface area contributed by atoms with E-state index in [0.29, 0.717) is 11.7 Å². The second-order valence-electron chi connectivity index (χ2n) is 4.84. The number of fused-ring (bicyclic) bond motifs is 2. The van der Waals surface area contributed by atoms with Crippen molar-refractivity contribution >= 4 is 17.0 Å². The maximum atomic E-state index is 4.31. The summed E-state index contributed by atoms with van der Waals surface area (Å²) in [5.74, 6) is 0.834. The first kappa shape index (κ1) is 10.5. The maximum Gasteiger partial charge on any atom is 0.182 e. The van der Waals surface area contributed by atoms with Crippen LogP contribution < -0.4 is 5.32 Å². The summed E-state index contributed by atoms with van der Waals surface area (Å²) in [4.78, 5) is 15.7. The number of hydrogen-bond donors (Lipinski definition) is 2. The van der Waals surface area contributed by atoms with E-state index in [9.17, 15) is 0 Å². The summed E-state index contributed by atoms with van der Waals surface area (Å²) in [5.41, 5.74) is 4.43. The van der Waals surface area contributed by atoms with Gasteiger partial charge in [0.25, 0.3) is 0 Å². The van der Waals surface area contributed by atoms with Crippen LogP contribution in [0.1, 0.15) is 11.1 Å². The van der Waals surface area contributed by atoms with Gasteiger partial charge in [-0.15, -0.1) is 0 Å². The molecular formula is C14H13N5. The highest BCUT2D eigenvalue weighted by Crippen LogP contribution is 2.25. The molecule has 1 aliphatic carbocycles. The largest absolute Gasteiger partial charge is 0.365 e. The molecule has 1 aliphatic rings. The van der Waals surface area contributed by atoms with Gasteiger partial charge in [0.15, 0.2) is 11.5 Å². The first-order valence-corrected chi connectivity index (χ1v) is 6.37. The summed E-state index contributed by atoms with van der Waals surface area (Å²) in [7, 11) is 0. The van der Waals surface area contributed by atoms with Crippen molar-refractivity contribution in [3.05, 3.63) is 48.0 Å². The smallest absolute Gasteiger partial charge is 0.182 e. The standard InChI is InChI=1S/C14H13N5/c1-2-4-10-6-11(5-9(10)3-1)19-14-12-13(16-7-15-12)17-8-18-14/h1-4,7-8,11H,5-6H2,(H2,15,16,17,18,19). The first-order chi connectivity index (χ1) is 9.40. The van der Waals surface area contributed by atoms with Gasteiger partial charge in [0.1, 0.15) is 11.8 Å². The van der Waals surface area contributed by atoms with Crippen molar-refractivity contribution in [2.45, 2.75) is 18.9 Å². The molecular weight excluding hydrogens is 238 g/mol. The van der Waals surface area contributed by atoms with Gasteiger partial charge in [-0.1, -0.05) is 24.3 Å². The minimum atomic E-state index is 0.388. The average molecular weight is 251 g/mol. The van der Waals surface area contributed by atoms with Crippen LogP contribution in [-0.2, 0) is 12.8 Å². The molecule has 0 saturated carbocycles. The number of nitrogens with one attached hydrogen (secondary N) is 2. The zero-order chi connectivity index (χ0) is 12.7. The van der Waals surface area contributed by atoms with Crippen molar-refractivity contribution in [1.82, 2.24) is 19.9 Å². The highest BCUT2D eigenvalue weighted by molar-refractivity contribution is 5.82. The summed E-state index contributed by atoms with van der Waals surface area (Å²) < 4.78 is 0. The van der Waals surface area contributed by atoms with Gasteiger partial charge in [-0.3, -0.25) is 0 Å². The lowest BCUT2D eigenvalue weighted by molar-refractivity contribution is 0.769. The lowest BCUT2D eigenvalue weighted by Gasteiger charge is -2.12. The van der Waals surface area contributed by atoms with Crippen LogP contribution in [0.3, 0.4) is 0 Å². The van der Waals surface area contributed by atoms with E-state index in [2.05, 4.69) is 49.5 Å². The second-order valence-corrected chi connectivity index (χ2v) is 4.84. The fourth-order valence-electron chi connectivity index (χ4n) is 2.73. The Bertz CT molecular complexity index is 708. The fraction of sp³-hybridized carbons (Fsp3) is 0.214. The molecule has 0 fully saturated rings. The van der Waals surface area contributed by atoms with Gasteiger partial charge in [0.2, 0.25) is 0 Å². The zero-order valence-corrected chi connectivity index (χ0v) is 10.3. The van der Waals surface area contributed by atoms with E-state index < -0.39 is 0 Å². The molecule has 5 nitrogen and oxygen atoms in total. The van der Waals surface area contributed by atoms with Gasteiger partial charge in [0.05, 0.1) is 6.33 Å². The zero-order valence-electron chi connectivity index (χ0n) is 10.3. The number of nitrogens with zero attached hydrogens (tertiary/aromatic N) is 3. The number of H-pyrrole nitrogens is 1. The van der Waals surface area contributed by atoms with Crippen molar-refractivity contribution < 1.29 is 0 Å². The Morgan fingerprint density at radius 2 is 1.84 bits per heavy atom. The van der Waals surface area contributed by atoms with E-state index in [0.717, 1.165) is 24.2 Å². The Morgan fingerprint density at radius 1 is 1.05 bits per heavy atom. The van der Waals surface area contributed by atoms with Gasteiger partial charge >= 0.3 is 0 Å². The molecule has 5 heteroatoms. The van der Waals surface area contributed by atoms with Crippen molar-refractivity contribution in [3.8, 4) is 0 Å². The quantitative estimate of drug-likeness (QED) is 0.730. The Morgan fingerprint density at radius 3 is 2.63 bits per heavy atom. The van der Waals surface area contributed by atoms with Crippen LogP contribution in [-0.4, -0.2) is 26.0 Å². The molecule has 2 heterocycles. The highest BCUT2D eigenvalue weighted by atomic mass is 15.1. The molecule has 0 amide bonds. The number of hydrogen-bond acceptors (Lipinski definition) is 4. The summed E-state index contributed by atoms with van der Waals surface area (Å²) >= 11 is 0. The van der Waals surface area contributed by atoms with E-state index in [-0.39, 0.29) is 0 Å². The van der Waals surface area contributed by atoms with Gasteiger partial charge in [0, 0.05) is 6.04 Å². The molecule has 0 spiro atoms. The third-order valence-electron chi connectivity index (χ3n) is 3.61. The molecule has 94 valence electrons. The summed E-state index contributed by atoms with van der Waals surface area (Å²) in [6, 6.07) is 8.97. The second kappa shape index (κ2) is 4.05. The van der Waals surface area contributed by atoms with Crippen molar-refractivity contribution in [2.24, 2.45) is 0 Å². The molecule has 4 rings (SSSR count). The monoisotopic (exact) mass is 251 g/mol. The van der Waals surface area contributed by atoms with Gasteiger partial charge in [-0.25, -0.2) is 15.0 Å². The molecule has 0 unspecified atom stereocenters. The Balaban J connectivity index is 1.62. The van der Waals surface area contributed by atoms with E-state index in [1.807, 2.05) is 0 Å². The molecule has 0 atom stereocenters. The number of aromatic nitrogens is 4. The Labute approximate surface area is 110 Å². The van der Waals surface area contributed by atoms with E-state index in [1.165, 1.54) is 11.1 Å². The van der Waals surface area contributed by atoms with Crippen LogP contribution in [0.25, 0.3) is 11.2 Å². The van der Waals surface area contributed by atoms with E-state index in [4.69, 9.17) is 0 Å². The number of aromatic amines is 1. The molecule has 0 aliphatic heterocycles. The van der Waals surface area contributed by atoms with Gasteiger partial charge < -0.3 is 10.3 Å². The van der Waals surface area contributed by atoms with Crippen LogP contribution in [0.4, 0.5) is 5.82 Å². The predicted octanol–water partition coefficient (Wildman–Crippen LogP) is 1.93. The lowest BCUT2D eigenvalue weighted by atomic mass is 10.1. The van der Waals surface area contributed by atoms with Crippen LogP contribution in [0, 0.1) is 0 Å². The third-order valence-corrected chi connectivity index (χ3v) is 3.61. The average Bonchev–Trinajstić information content (AvgIpc) is 3.04. The molecule has 2 aromatic heterocycles. The number of benzene rings is 1. The van der Waals surface area contributed by atoms with Crippen molar-refractivity contribution in [3.63, 3.8) is 0 Å². The number of imidazole rings is 1. The molecule has 0 saturated heterocycles. The first-order valence-electron chi connectivity index (χ1n) is 6.37. The van der Waals surface area contributed by atoms with Crippen LogP contribution >= 0.6 is 0 Å². The van der Waals surface area contributed by atoms with Crippen molar-refractivity contribution in [2.75, 3.05) is 5.32 Å². The number of rotatable bonds is 2. The fourth-order valence-corrected chi connectivity index (χ4v) is 2.73. The molecule has 0 radical (unpaired) electrons. The minimum Gasteiger partial charge on any atom is -0.365 e. The van der Waals surface area contributed by atoms with Gasteiger partial charge in [-0.05, 0) is 24.0 Å². The van der Waals surface area contributed by atoms with Crippen LogP contribution in [0.2, 0.25) is 0 Å². The van der Waals surface area contributed by atoms with Gasteiger partial charge in [-0.2, -0.15) is 0 Å². The van der Waals surface area contributed by atoms with Crippen LogP contribution in [0.5, 0.6) is 0 Å². The van der Waals surface area contributed by atoms with Crippen LogP contribution in [0.15, 0.2) is 36.9 Å². The Hall–Kier alpha value is -2.43. The minimum absolute atomic E-state index is 0.388. The highest BCUT2D eigenvalue weighted by Gasteiger charge is 2.21. The third kappa shape index (κ3) is 1.74. The molecule has 3 aromatic rings. The topological polar surface area (TPSA) is 66.5 Å². The summed E-state index contributed by atoms with van der Waals surface area (Å²) in [6.45, 7) is 0. The molecule has 1 aromatic carbocycles. The number of anilines is 1. The molecule has 0 bridgehead atoms. The summed E-state index contributed by atoms with van der Waals surface area (Å²) in [5, 5.41) is 3.49. The SMILES string of the molecule is c1ccc2c(c1)CC(Nc1ncnc3nc[nH]c13)C2.